The number of rotatable bonds is 0. The molecule has 0 spiro atoms. The Bertz CT molecular complexity index is 111. The zero-order valence-electron chi connectivity index (χ0n) is 5.75. The van der Waals surface area contributed by atoms with Crippen molar-refractivity contribution in [3.8, 4) is 0 Å². The molecule has 0 aromatic rings. The van der Waals surface area contributed by atoms with Gasteiger partial charge in [-0.2, -0.15) is 0 Å². The number of hydrogen-bond donors (Lipinski definition) is 1. The van der Waals surface area contributed by atoms with Gasteiger partial charge < -0.3 is 4.31 Å². The van der Waals surface area contributed by atoms with Gasteiger partial charge in [0.05, 0.1) is 0 Å². The average Bonchev–Trinajstić information content (AvgIpc) is 1.99. The molecule has 0 bridgehead atoms. The van der Waals surface area contributed by atoms with Gasteiger partial charge in [-0.05, 0) is 26.2 Å². The van der Waals surface area contributed by atoms with Crippen LogP contribution < -0.4 is 0 Å². The van der Waals surface area contributed by atoms with E-state index in [-0.39, 0.29) is 0 Å². The molecule has 1 aliphatic rings. The van der Waals surface area contributed by atoms with Gasteiger partial charge in [0.15, 0.2) is 0 Å². The summed E-state index contributed by atoms with van der Waals surface area (Å²) in [6.45, 7) is 2.20. The molecule has 0 saturated heterocycles. The van der Waals surface area contributed by atoms with Gasteiger partial charge in [-0.3, -0.25) is 0 Å². The molecule has 1 aliphatic heterocycles. The maximum Gasteiger partial charge on any atom is 0.0369 e. The van der Waals surface area contributed by atoms with Crippen molar-refractivity contribution in [3.05, 3.63) is 12.3 Å². The highest BCUT2D eigenvalue weighted by Crippen LogP contribution is 2.15. The van der Waals surface area contributed by atoms with Gasteiger partial charge in [0.2, 0.25) is 0 Å². The van der Waals surface area contributed by atoms with Crippen LogP contribution in [0.15, 0.2) is 12.3 Å². The zero-order chi connectivity index (χ0) is 6.69. The fourth-order valence-corrected chi connectivity index (χ4v) is 1.20. The van der Waals surface area contributed by atoms with E-state index in [0.29, 0.717) is 6.04 Å². The molecule has 9 heavy (non-hydrogen) atoms. The predicted octanol–water partition coefficient (Wildman–Crippen LogP) is 2.22. The van der Waals surface area contributed by atoms with E-state index in [2.05, 4.69) is 32.0 Å². The summed E-state index contributed by atoms with van der Waals surface area (Å²) in [6.07, 6.45) is 8.00. The zero-order valence-corrected chi connectivity index (χ0v) is 6.64. The van der Waals surface area contributed by atoms with Gasteiger partial charge in [-0.25, -0.2) is 0 Å². The highest BCUT2D eigenvalue weighted by molar-refractivity contribution is 7.77. The highest BCUT2D eigenvalue weighted by atomic mass is 32.1. The molecule has 1 rings (SSSR count). The molecule has 0 aliphatic carbocycles. The van der Waals surface area contributed by atoms with Crippen molar-refractivity contribution in [2.24, 2.45) is 0 Å². The van der Waals surface area contributed by atoms with Crippen molar-refractivity contribution in [1.29, 1.82) is 0 Å². The van der Waals surface area contributed by atoms with E-state index in [1.807, 2.05) is 4.31 Å². The molecule has 1 unspecified atom stereocenters. The molecule has 0 saturated carbocycles. The minimum atomic E-state index is 0.604. The van der Waals surface area contributed by atoms with E-state index in [1.165, 1.54) is 19.3 Å². The van der Waals surface area contributed by atoms with Crippen LogP contribution in [-0.4, -0.2) is 10.3 Å². The number of hydrogen-bond acceptors (Lipinski definition) is 2. The first-order chi connectivity index (χ1) is 4.30. The lowest BCUT2D eigenvalue weighted by atomic mass is 10.2. The van der Waals surface area contributed by atoms with Crippen LogP contribution in [0.4, 0.5) is 0 Å². The second kappa shape index (κ2) is 3.16. The third kappa shape index (κ3) is 1.94. The Morgan fingerprint density at radius 1 is 1.67 bits per heavy atom. The topological polar surface area (TPSA) is 3.24 Å². The third-order valence-corrected chi connectivity index (χ3v) is 2.23. The summed E-state index contributed by atoms with van der Waals surface area (Å²) in [4.78, 5) is 0. The minimum Gasteiger partial charge on any atom is -0.323 e. The van der Waals surface area contributed by atoms with Gasteiger partial charge >= 0.3 is 0 Å². The molecule has 0 radical (unpaired) electrons. The molecule has 1 heterocycles. The van der Waals surface area contributed by atoms with Gasteiger partial charge in [-0.1, -0.05) is 18.9 Å². The molecular weight excluding hydrogens is 130 g/mol. The van der Waals surface area contributed by atoms with E-state index < -0.39 is 0 Å². The summed E-state index contributed by atoms with van der Waals surface area (Å²) in [5.41, 5.74) is 0. The van der Waals surface area contributed by atoms with E-state index in [9.17, 15) is 0 Å². The largest absolute Gasteiger partial charge is 0.323 e. The predicted molar refractivity (Wildman–Crippen MR) is 43.3 cm³/mol. The average molecular weight is 143 g/mol. The first-order valence-electron chi connectivity index (χ1n) is 3.44. The van der Waals surface area contributed by atoms with Crippen molar-refractivity contribution in [1.82, 2.24) is 4.31 Å². The molecule has 1 nitrogen and oxygen atoms in total. The molecule has 0 fully saturated rings. The third-order valence-electron chi connectivity index (χ3n) is 1.70. The van der Waals surface area contributed by atoms with Gasteiger partial charge in [0.25, 0.3) is 0 Å². The summed E-state index contributed by atoms with van der Waals surface area (Å²) in [5, 5.41) is 0. The molecule has 0 amide bonds. The van der Waals surface area contributed by atoms with Crippen LogP contribution in [0.3, 0.4) is 0 Å². The highest BCUT2D eigenvalue weighted by Gasteiger charge is 2.07. The van der Waals surface area contributed by atoms with E-state index in [1.54, 1.807) is 0 Å². The molecule has 0 aromatic carbocycles. The Hall–Kier alpha value is -0.110. The monoisotopic (exact) mass is 143 g/mol. The SMILES string of the molecule is CC1CCCC=CN1S. The van der Waals surface area contributed by atoms with E-state index >= 15 is 0 Å². The second-order valence-electron chi connectivity index (χ2n) is 2.54. The van der Waals surface area contributed by atoms with Crippen LogP contribution in [0.25, 0.3) is 0 Å². The quantitative estimate of drug-likeness (QED) is 0.509. The normalized spacial score (nSPS) is 28.2. The molecular formula is C7H13NS. The number of allylic oxidation sites excluding steroid dienone is 1. The standard InChI is InChI=1S/C7H13NS/c1-7-5-3-2-4-6-8(7)9/h4,6-7,9H,2-3,5H2,1H3. The fourth-order valence-electron chi connectivity index (χ4n) is 0.993. The Morgan fingerprint density at radius 2 is 2.44 bits per heavy atom. The Labute approximate surface area is 62.3 Å². The lowest BCUT2D eigenvalue weighted by molar-refractivity contribution is 0.452. The lowest BCUT2D eigenvalue weighted by Crippen LogP contribution is -2.16. The van der Waals surface area contributed by atoms with Gasteiger partial charge in [0, 0.05) is 12.2 Å². The Kier molecular flexibility index (Phi) is 2.46. The summed E-state index contributed by atoms with van der Waals surface area (Å²) in [7, 11) is 0. The smallest absolute Gasteiger partial charge is 0.0369 e. The maximum absolute atomic E-state index is 4.27. The van der Waals surface area contributed by atoms with Crippen LogP contribution in [0.2, 0.25) is 0 Å². The first kappa shape index (κ1) is 7.00. The Morgan fingerprint density at radius 3 is 3.22 bits per heavy atom. The summed E-state index contributed by atoms with van der Waals surface area (Å²) < 4.78 is 1.98. The van der Waals surface area contributed by atoms with Crippen LogP contribution in [0, 0.1) is 0 Å². The van der Waals surface area contributed by atoms with Gasteiger partial charge in [-0.15, -0.1) is 0 Å². The fraction of sp³-hybridized carbons (Fsp3) is 0.714. The van der Waals surface area contributed by atoms with Crippen molar-refractivity contribution >= 4 is 12.8 Å². The van der Waals surface area contributed by atoms with E-state index in [4.69, 9.17) is 0 Å². The van der Waals surface area contributed by atoms with Crippen LogP contribution >= 0.6 is 12.8 Å². The van der Waals surface area contributed by atoms with E-state index in [0.717, 1.165) is 0 Å². The number of thiol groups is 1. The number of nitrogens with zero attached hydrogens (tertiary/aromatic N) is 1. The molecule has 52 valence electrons. The molecule has 2 heteroatoms. The minimum absolute atomic E-state index is 0.604. The molecule has 0 aromatic heterocycles. The van der Waals surface area contributed by atoms with Crippen molar-refractivity contribution in [3.63, 3.8) is 0 Å². The summed E-state index contributed by atoms with van der Waals surface area (Å²) in [6, 6.07) is 0.604. The van der Waals surface area contributed by atoms with Crippen molar-refractivity contribution in [2.75, 3.05) is 0 Å². The first-order valence-corrected chi connectivity index (χ1v) is 3.84. The lowest BCUT2D eigenvalue weighted by Gasteiger charge is -2.18. The van der Waals surface area contributed by atoms with Crippen molar-refractivity contribution in [2.45, 2.75) is 32.2 Å². The van der Waals surface area contributed by atoms with Crippen molar-refractivity contribution < 1.29 is 0 Å². The van der Waals surface area contributed by atoms with Crippen LogP contribution in [0.1, 0.15) is 26.2 Å². The molecule has 1 atom stereocenters. The Balaban J connectivity index is 2.46. The van der Waals surface area contributed by atoms with Gasteiger partial charge in [0.1, 0.15) is 0 Å². The second-order valence-corrected chi connectivity index (χ2v) is 3.01. The maximum atomic E-state index is 4.27. The van der Waals surface area contributed by atoms with Crippen LogP contribution in [0.5, 0.6) is 0 Å². The summed E-state index contributed by atoms with van der Waals surface area (Å²) in [5.74, 6) is 0. The molecule has 0 N–H and O–H groups in total. The summed E-state index contributed by atoms with van der Waals surface area (Å²) >= 11 is 4.27. The van der Waals surface area contributed by atoms with Crippen LogP contribution in [-0.2, 0) is 0 Å².